The second-order valence-corrected chi connectivity index (χ2v) is 9.97. The van der Waals surface area contributed by atoms with Crippen molar-refractivity contribution in [1.82, 2.24) is 30.1 Å². The van der Waals surface area contributed by atoms with Crippen LogP contribution in [-0.2, 0) is 25.0 Å². The third-order valence-electron chi connectivity index (χ3n) is 7.12. The number of H-pyrrole nitrogens is 1. The van der Waals surface area contributed by atoms with Crippen LogP contribution in [0.1, 0.15) is 76.0 Å². The first kappa shape index (κ1) is 25.7. The number of fused-ring (bicyclic) bond motifs is 1. The van der Waals surface area contributed by atoms with E-state index in [1.165, 1.54) is 17.7 Å². The fraction of sp³-hybridized carbons (Fsp3) is 0.429. The molecule has 4 rings (SSSR count). The van der Waals surface area contributed by atoms with Crippen molar-refractivity contribution in [3.8, 4) is 0 Å². The number of benzene rings is 2. The van der Waals surface area contributed by atoms with E-state index < -0.39 is 0 Å². The van der Waals surface area contributed by atoms with Crippen LogP contribution >= 0.6 is 0 Å². The number of hydrogen-bond donors (Lipinski definition) is 1. The molecule has 0 aliphatic carbocycles. The van der Waals surface area contributed by atoms with Crippen molar-refractivity contribution in [3.05, 3.63) is 87.2 Å². The second-order valence-electron chi connectivity index (χ2n) is 9.97. The molecule has 0 saturated carbocycles. The molecular formula is C28H35FN6O. The lowest BCUT2D eigenvalue weighted by Gasteiger charge is -2.33. The average Bonchev–Trinajstić information content (AvgIpc) is 3.36. The van der Waals surface area contributed by atoms with E-state index in [9.17, 15) is 9.18 Å². The quantitative estimate of drug-likeness (QED) is 0.317. The first-order valence-electron chi connectivity index (χ1n) is 12.7. The van der Waals surface area contributed by atoms with Gasteiger partial charge in [0.1, 0.15) is 5.82 Å². The second kappa shape index (κ2) is 10.7. The third kappa shape index (κ3) is 5.38. The molecule has 0 radical (unpaired) electrons. The molecule has 2 aromatic carbocycles. The monoisotopic (exact) mass is 490 g/mol. The molecular weight excluding hydrogens is 455 g/mol. The van der Waals surface area contributed by atoms with Gasteiger partial charge in [-0.1, -0.05) is 39.0 Å². The van der Waals surface area contributed by atoms with Gasteiger partial charge in [0.15, 0.2) is 5.82 Å². The van der Waals surface area contributed by atoms with Crippen LogP contribution in [0.2, 0.25) is 0 Å². The van der Waals surface area contributed by atoms with Gasteiger partial charge < -0.3 is 4.98 Å². The minimum Gasteiger partial charge on any atom is -0.322 e. The Labute approximate surface area is 211 Å². The molecule has 0 fully saturated rings. The van der Waals surface area contributed by atoms with Crippen LogP contribution in [0.15, 0.2) is 53.3 Å². The number of halogens is 1. The summed E-state index contributed by atoms with van der Waals surface area (Å²) in [4.78, 5) is 18.4. The zero-order valence-corrected chi connectivity index (χ0v) is 21.8. The fourth-order valence-electron chi connectivity index (χ4n) is 4.54. The zero-order valence-electron chi connectivity index (χ0n) is 21.8. The lowest BCUT2D eigenvalue weighted by molar-refractivity contribution is 0.150. The molecule has 2 aromatic heterocycles. The molecule has 0 amide bonds. The number of hydrogen-bond acceptors (Lipinski definition) is 5. The number of rotatable bonds is 10. The molecule has 8 heteroatoms. The van der Waals surface area contributed by atoms with Crippen molar-refractivity contribution in [3.63, 3.8) is 0 Å². The number of nitrogens with zero attached hydrogens (tertiary/aromatic N) is 5. The van der Waals surface area contributed by atoms with E-state index >= 15 is 0 Å². The largest absolute Gasteiger partial charge is 0.322 e. The molecule has 0 unspecified atom stereocenters. The topological polar surface area (TPSA) is 79.7 Å². The summed E-state index contributed by atoms with van der Waals surface area (Å²) < 4.78 is 15.5. The van der Waals surface area contributed by atoms with Crippen LogP contribution in [0.5, 0.6) is 0 Å². The zero-order chi connectivity index (χ0) is 25.9. The third-order valence-corrected chi connectivity index (χ3v) is 7.12. The fourth-order valence-corrected chi connectivity index (χ4v) is 4.54. The molecule has 0 bridgehead atoms. The number of aryl methyl sites for hydroxylation is 1. The minimum absolute atomic E-state index is 0.112. The van der Waals surface area contributed by atoms with Gasteiger partial charge in [-0.2, -0.15) is 0 Å². The highest BCUT2D eigenvalue weighted by Crippen LogP contribution is 2.30. The van der Waals surface area contributed by atoms with E-state index in [2.05, 4.69) is 66.1 Å². The molecule has 4 aromatic rings. The summed E-state index contributed by atoms with van der Waals surface area (Å²) in [5, 5.41) is 13.8. The van der Waals surface area contributed by atoms with Crippen molar-refractivity contribution in [2.45, 2.75) is 78.6 Å². The standard InChI is InChI=1S/C28H35FN6O/c1-6-19-11-14-24-21(15-19)16-22(27(36)30-24)18-34(17-20-9-12-23(29)13-10-20)25(7-2)26-31-32-33-35(26)28(4,5)8-3/h9-16,25H,6-8,17-18H2,1-5H3,(H,30,36)/t25-/m0/s1. The molecule has 0 spiro atoms. The number of pyridine rings is 1. The Morgan fingerprint density at radius 3 is 2.42 bits per heavy atom. The smallest absolute Gasteiger partial charge is 0.252 e. The highest BCUT2D eigenvalue weighted by Gasteiger charge is 2.31. The number of nitrogens with one attached hydrogen (secondary N) is 1. The van der Waals surface area contributed by atoms with E-state index in [-0.39, 0.29) is 23.0 Å². The highest BCUT2D eigenvalue weighted by atomic mass is 19.1. The van der Waals surface area contributed by atoms with Gasteiger partial charge >= 0.3 is 0 Å². The molecule has 1 N–H and O–H groups in total. The van der Waals surface area contributed by atoms with Crippen LogP contribution in [0.4, 0.5) is 4.39 Å². The maximum atomic E-state index is 13.6. The van der Waals surface area contributed by atoms with Gasteiger partial charge in [0, 0.05) is 24.2 Å². The van der Waals surface area contributed by atoms with Gasteiger partial charge in [0.05, 0.1) is 11.6 Å². The van der Waals surface area contributed by atoms with Gasteiger partial charge in [0.2, 0.25) is 0 Å². The summed E-state index contributed by atoms with van der Waals surface area (Å²) in [7, 11) is 0. The van der Waals surface area contributed by atoms with Crippen molar-refractivity contribution in [2.24, 2.45) is 0 Å². The first-order chi connectivity index (χ1) is 17.2. The van der Waals surface area contributed by atoms with Crippen LogP contribution in [0.25, 0.3) is 10.9 Å². The van der Waals surface area contributed by atoms with E-state index in [1.54, 1.807) is 12.1 Å². The molecule has 190 valence electrons. The van der Waals surface area contributed by atoms with E-state index in [4.69, 9.17) is 0 Å². The van der Waals surface area contributed by atoms with Crippen LogP contribution in [0.3, 0.4) is 0 Å². The van der Waals surface area contributed by atoms with Crippen LogP contribution in [0, 0.1) is 5.82 Å². The Bertz CT molecular complexity index is 1380. The predicted molar refractivity (Wildman–Crippen MR) is 140 cm³/mol. The summed E-state index contributed by atoms with van der Waals surface area (Å²) in [6, 6.07) is 14.5. The molecule has 0 aliphatic rings. The van der Waals surface area contributed by atoms with Crippen LogP contribution in [-0.4, -0.2) is 30.1 Å². The van der Waals surface area contributed by atoms with Crippen molar-refractivity contribution < 1.29 is 4.39 Å². The van der Waals surface area contributed by atoms with Crippen molar-refractivity contribution in [1.29, 1.82) is 0 Å². The molecule has 36 heavy (non-hydrogen) atoms. The van der Waals surface area contributed by atoms with E-state index in [0.717, 1.165) is 41.6 Å². The minimum atomic E-state index is -0.274. The van der Waals surface area contributed by atoms with Gasteiger partial charge in [-0.3, -0.25) is 9.69 Å². The first-order valence-corrected chi connectivity index (χ1v) is 12.7. The summed E-state index contributed by atoms with van der Waals surface area (Å²) in [6.45, 7) is 11.5. The number of tetrazole rings is 1. The molecule has 1 atom stereocenters. The SMILES string of the molecule is CCc1ccc2[nH]c(=O)c(CN(Cc3ccc(F)cc3)[C@@H](CC)c3nnnn3C(C)(C)CC)cc2c1. The van der Waals surface area contributed by atoms with Crippen LogP contribution < -0.4 is 5.56 Å². The lowest BCUT2D eigenvalue weighted by Crippen LogP contribution is -2.36. The predicted octanol–water partition coefficient (Wildman–Crippen LogP) is 5.51. The van der Waals surface area contributed by atoms with Gasteiger partial charge in [-0.15, -0.1) is 5.10 Å². The summed E-state index contributed by atoms with van der Waals surface area (Å²) in [5.74, 6) is 0.487. The Morgan fingerprint density at radius 1 is 1.03 bits per heavy atom. The van der Waals surface area contributed by atoms with E-state index in [0.29, 0.717) is 18.7 Å². The Kier molecular flexibility index (Phi) is 7.64. The maximum absolute atomic E-state index is 13.6. The molecule has 0 aliphatic heterocycles. The lowest BCUT2D eigenvalue weighted by atomic mass is 10.0. The van der Waals surface area contributed by atoms with Crippen molar-refractivity contribution in [2.75, 3.05) is 0 Å². The summed E-state index contributed by atoms with van der Waals surface area (Å²) in [6.07, 6.45) is 2.53. The van der Waals surface area contributed by atoms with Crippen molar-refractivity contribution >= 4 is 10.9 Å². The summed E-state index contributed by atoms with van der Waals surface area (Å²) >= 11 is 0. The average molecular weight is 491 g/mol. The number of aromatic amines is 1. The van der Waals surface area contributed by atoms with Gasteiger partial charge in [0.25, 0.3) is 5.56 Å². The highest BCUT2D eigenvalue weighted by molar-refractivity contribution is 5.79. The number of aromatic nitrogens is 5. The Hall–Kier alpha value is -3.39. The Balaban J connectivity index is 1.77. The van der Waals surface area contributed by atoms with Gasteiger partial charge in [-0.25, -0.2) is 9.07 Å². The summed E-state index contributed by atoms with van der Waals surface area (Å²) in [5.41, 5.74) is 3.30. The van der Waals surface area contributed by atoms with E-state index in [1.807, 2.05) is 22.9 Å². The maximum Gasteiger partial charge on any atom is 0.252 e. The van der Waals surface area contributed by atoms with Gasteiger partial charge in [-0.05, 0) is 90.4 Å². The molecule has 2 heterocycles. The molecule has 7 nitrogen and oxygen atoms in total. The normalized spacial score (nSPS) is 13.0. The molecule has 0 saturated heterocycles. The Morgan fingerprint density at radius 2 is 1.75 bits per heavy atom.